The van der Waals surface area contributed by atoms with Gasteiger partial charge in [0.05, 0.1) is 6.54 Å². The van der Waals surface area contributed by atoms with Gasteiger partial charge in [0.25, 0.3) is 0 Å². The molecular weight excluding hydrogens is 364 g/mol. The molecule has 1 saturated carbocycles. The number of hydrogen-bond acceptors (Lipinski definition) is 3. The van der Waals surface area contributed by atoms with E-state index < -0.39 is 0 Å². The number of hydrogen-bond donors (Lipinski definition) is 2. The van der Waals surface area contributed by atoms with Gasteiger partial charge in [0.2, 0.25) is 0 Å². The van der Waals surface area contributed by atoms with E-state index in [1.807, 2.05) is 11.8 Å². The van der Waals surface area contributed by atoms with Crippen molar-refractivity contribution in [2.45, 2.75) is 65.3 Å². The maximum absolute atomic E-state index is 5.63. The van der Waals surface area contributed by atoms with E-state index >= 15 is 0 Å². The van der Waals surface area contributed by atoms with Crippen molar-refractivity contribution >= 4 is 23.4 Å². The van der Waals surface area contributed by atoms with Gasteiger partial charge in [-0.25, -0.2) is 0 Å². The number of anilines is 1. The Hall–Kier alpha value is -1.20. The molecule has 0 spiro atoms. The first-order valence-electron chi connectivity index (χ1n) is 11.0. The van der Waals surface area contributed by atoms with Crippen LogP contribution in [-0.4, -0.2) is 48.0 Å². The first-order chi connectivity index (χ1) is 13.6. The molecule has 3 N–H and O–H groups in total. The van der Waals surface area contributed by atoms with Crippen molar-refractivity contribution in [1.29, 1.82) is 0 Å². The normalized spacial score (nSPS) is 22.9. The topological polar surface area (TPSA) is 53.6 Å². The number of likely N-dealkylation sites (tertiary alicyclic amines) is 1. The molecule has 2 fully saturated rings. The minimum Gasteiger partial charge on any atom is -0.339 e. The smallest absolute Gasteiger partial charge is 0.198 e. The monoisotopic (exact) mass is 402 g/mol. The number of aliphatic imine (C=N–C) groups is 1. The van der Waals surface area contributed by atoms with Crippen LogP contribution in [0.2, 0.25) is 0 Å². The Bertz CT molecular complexity index is 648. The van der Waals surface area contributed by atoms with Crippen molar-refractivity contribution in [2.75, 3.05) is 36.5 Å². The lowest BCUT2D eigenvalue weighted by molar-refractivity contribution is 0.119. The van der Waals surface area contributed by atoms with Crippen LogP contribution in [0.15, 0.2) is 17.1 Å². The summed E-state index contributed by atoms with van der Waals surface area (Å²) in [6, 6.07) is 5.20. The Morgan fingerprint density at radius 2 is 1.82 bits per heavy atom. The minimum atomic E-state index is 0.663. The Labute approximate surface area is 175 Å². The zero-order chi connectivity index (χ0) is 19.9. The largest absolute Gasteiger partial charge is 0.339 e. The molecule has 1 saturated heterocycles. The standard InChI is InChI=1S/C23H38N4S/c1-17-15-18(2)22(19(3)16-17)26-23(25-11-14-28-13-10-24)27-12-6-8-20-7-4-5-9-21(20)27/h15-16,20-21H,4-14,24H2,1-3H3,(H,25,26). The molecule has 2 atom stereocenters. The van der Waals surface area contributed by atoms with Crippen LogP contribution >= 0.6 is 11.8 Å². The van der Waals surface area contributed by atoms with E-state index in [0.717, 1.165) is 43.0 Å². The zero-order valence-electron chi connectivity index (χ0n) is 18.0. The van der Waals surface area contributed by atoms with E-state index in [1.54, 1.807) is 0 Å². The molecule has 0 aromatic heterocycles. The second kappa shape index (κ2) is 10.5. The fourth-order valence-corrected chi connectivity index (χ4v) is 5.57. The molecule has 1 aromatic rings. The fourth-order valence-electron chi connectivity index (χ4n) is 4.98. The van der Waals surface area contributed by atoms with Gasteiger partial charge in [-0.1, -0.05) is 30.5 Å². The van der Waals surface area contributed by atoms with Gasteiger partial charge in [0.15, 0.2) is 5.96 Å². The number of benzene rings is 1. The van der Waals surface area contributed by atoms with E-state index in [2.05, 4.69) is 43.1 Å². The molecule has 28 heavy (non-hydrogen) atoms. The van der Waals surface area contributed by atoms with E-state index in [4.69, 9.17) is 10.7 Å². The first-order valence-corrected chi connectivity index (χ1v) is 12.2. The lowest BCUT2D eigenvalue weighted by Crippen LogP contribution is -2.52. The summed E-state index contributed by atoms with van der Waals surface area (Å²) >= 11 is 1.90. The predicted molar refractivity (Wildman–Crippen MR) is 125 cm³/mol. The number of piperidine rings is 1. The third kappa shape index (κ3) is 5.44. The van der Waals surface area contributed by atoms with Gasteiger partial charge >= 0.3 is 0 Å². The summed E-state index contributed by atoms with van der Waals surface area (Å²) in [7, 11) is 0. The molecule has 156 valence electrons. The highest BCUT2D eigenvalue weighted by Crippen LogP contribution is 2.36. The summed E-state index contributed by atoms with van der Waals surface area (Å²) in [5.41, 5.74) is 10.8. The molecule has 1 aliphatic heterocycles. The van der Waals surface area contributed by atoms with Crippen LogP contribution in [0, 0.1) is 26.7 Å². The fraction of sp³-hybridized carbons (Fsp3) is 0.696. The zero-order valence-corrected chi connectivity index (χ0v) is 18.8. The second-order valence-corrected chi connectivity index (χ2v) is 9.68. The van der Waals surface area contributed by atoms with Gasteiger partial charge in [-0.05, 0) is 63.5 Å². The van der Waals surface area contributed by atoms with Crippen molar-refractivity contribution in [3.8, 4) is 0 Å². The van der Waals surface area contributed by atoms with Crippen LogP contribution < -0.4 is 11.1 Å². The molecule has 2 unspecified atom stereocenters. The van der Waals surface area contributed by atoms with E-state index in [1.165, 1.54) is 60.9 Å². The predicted octanol–water partition coefficient (Wildman–Crippen LogP) is 4.73. The van der Waals surface area contributed by atoms with Crippen molar-refractivity contribution in [1.82, 2.24) is 4.90 Å². The maximum atomic E-state index is 5.63. The van der Waals surface area contributed by atoms with Gasteiger partial charge in [-0.15, -0.1) is 0 Å². The third-order valence-corrected chi connectivity index (χ3v) is 7.18. The second-order valence-electron chi connectivity index (χ2n) is 8.45. The summed E-state index contributed by atoms with van der Waals surface area (Å²) in [5, 5.41) is 3.78. The van der Waals surface area contributed by atoms with Crippen molar-refractivity contribution in [2.24, 2.45) is 16.6 Å². The molecule has 0 bridgehead atoms. The number of guanidine groups is 1. The van der Waals surface area contributed by atoms with Crippen LogP contribution in [0.4, 0.5) is 5.69 Å². The Balaban J connectivity index is 1.81. The molecule has 3 rings (SSSR count). The third-order valence-electron chi connectivity index (χ3n) is 6.19. The molecule has 1 heterocycles. The molecule has 2 aliphatic rings. The Morgan fingerprint density at radius 1 is 1.11 bits per heavy atom. The van der Waals surface area contributed by atoms with Crippen molar-refractivity contribution in [3.05, 3.63) is 28.8 Å². The number of nitrogens with zero attached hydrogens (tertiary/aromatic N) is 2. The summed E-state index contributed by atoms with van der Waals surface area (Å²) in [6.45, 7) is 9.31. The lowest BCUT2D eigenvalue weighted by Gasteiger charge is -2.45. The van der Waals surface area contributed by atoms with Crippen LogP contribution in [0.3, 0.4) is 0 Å². The minimum absolute atomic E-state index is 0.663. The molecule has 0 amide bonds. The summed E-state index contributed by atoms with van der Waals surface area (Å²) < 4.78 is 0. The van der Waals surface area contributed by atoms with Gasteiger partial charge in [0.1, 0.15) is 0 Å². The van der Waals surface area contributed by atoms with Gasteiger partial charge in [0, 0.05) is 36.3 Å². The Kier molecular flexibility index (Phi) is 8.10. The number of thioether (sulfide) groups is 1. The van der Waals surface area contributed by atoms with Gasteiger partial charge < -0.3 is 16.0 Å². The molecule has 1 aromatic carbocycles. The molecule has 4 nitrogen and oxygen atoms in total. The van der Waals surface area contributed by atoms with Crippen LogP contribution in [0.25, 0.3) is 0 Å². The molecular formula is C23H38N4S. The van der Waals surface area contributed by atoms with Crippen LogP contribution in [-0.2, 0) is 0 Å². The average Bonchev–Trinajstić information content (AvgIpc) is 2.68. The van der Waals surface area contributed by atoms with E-state index in [0.29, 0.717) is 6.04 Å². The first kappa shape index (κ1) is 21.5. The maximum Gasteiger partial charge on any atom is 0.198 e. The number of nitrogens with two attached hydrogens (primary N) is 1. The summed E-state index contributed by atoms with van der Waals surface area (Å²) in [4.78, 5) is 7.69. The molecule has 5 heteroatoms. The van der Waals surface area contributed by atoms with Crippen LogP contribution in [0.5, 0.6) is 0 Å². The van der Waals surface area contributed by atoms with Gasteiger partial charge in [-0.2, -0.15) is 11.8 Å². The highest BCUT2D eigenvalue weighted by Gasteiger charge is 2.35. The molecule has 1 aliphatic carbocycles. The highest BCUT2D eigenvalue weighted by molar-refractivity contribution is 7.99. The number of fused-ring (bicyclic) bond motifs is 1. The van der Waals surface area contributed by atoms with Crippen LogP contribution in [0.1, 0.15) is 55.2 Å². The SMILES string of the molecule is Cc1cc(C)c(NC(=NCCSCCN)N2CCCC3CCCCC32)c(C)c1. The average molecular weight is 403 g/mol. The molecule has 0 radical (unpaired) electrons. The quantitative estimate of drug-likeness (QED) is 0.410. The Morgan fingerprint density at radius 3 is 2.57 bits per heavy atom. The van der Waals surface area contributed by atoms with E-state index in [-0.39, 0.29) is 0 Å². The van der Waals surface area contributed by atoms with Gasteiger partial charge in [-0.3, -0.25) is 4.99 Å². The van der Waals surface area contributed by atoms with Crippen molar-refractivity contribution in [3.63, 3.8) is 0 Å². The summed E-state index contributed by atoms with van der Waals surface area (Å²) in [6.07, 6.45) is 8.16. The van der Waals surface area contributed by atoms with Crippen molar-refractivity contribution < 1.29 is 0 Å². The van der Waals surface area contributed by atoms with E-state index in [9.17, 15) is 0 Å². The highest BCUT2D eigenvalue weighted by atomic mass is 32.2. The lowest BCUT2D eigenvalue weighted by atomic mass is 9.78. The number of aryl methyl sites for hydroxylation is 3. The number of rotatable bonds is 6. The summed E-state index contributed by atoms with van der Waals surface area (Å²) in [5.74, 6) is 4.00. The number of nitrogens with one attached hydrogen (secondary N) is 1.